The zero-order chi connectivity index (χ0) is 11.0. The number of anilines is 1. The van der Waals surface area contributed by atoms with Crippen LogP contribution in [0.5, 0.6) is 5.75 Å². The highest BCUT2D eigenvalue weighted by Crippen LogP contribution is 2.39. The maximum absolute atomic E-state index is 13.1. The molecular formula is C11H13ClFNO. The van der Waals surface area contributed by atoms with E-state index in [-0.39, 0.29) is 18.0 Å². The maximum Gasteiger partial charge on any atom is 0.161 e. The minimum atomic E-state index is -0.350. The topological polar surface area (TPSA) is 21.3 Å². The zero-order valence-electron chi connectivity index (χ0n) is 8.68. The number of fused-ring (bicyclic) bond motifs is 1. The van der Waals surface area contributed by atoms with Gasteiger partial charge >= 0.3 is 0 Å². The Labute approximate surface area is 93.4 Å². The van der Waals surface area contributed by atoms with E-state index in [4.69, 9.17) is 16.3 Å². The first-order valence-corrected chi connectivity index (χ1v) is 5.42. The van der Waals surface area contributed by atoms with Crippen molar-refractivity contribution in [2.75, 3.05) is 5.32 Å². The summed E-state index contributed by atoms with van der Waals surface area (Å²) in [7, 11) is 0. The van der Waals surface area contributed by atoms with Crippen LogP contribution in [0.3, 0.4) is 0 Å². The fourth-order valence-electron chi connectivity index (χ4n) is 1.82. The molecule has 0 saturated heterocycles. The van der Waals surface area contributed by atoms with Crippen molar-refractivity contribution >= 4 is 17.3 Å². The number of ether oxygens (including phenoxy) is 1. The minimum Gasteiger partial charge on any atom is -0.485 e. The van der Waals surface area contributed by atoms with Gasteiger partial charge in [0, 0.05) is 6.07 Å². The van der Waals surface area contributed by atoms with Gasteiger partial charge < -0.3 is 10.1 Å². The Morgan fingerprint density at radius 1 is 1.53 bits per heavy atom. The highest BCUT2D eigenvalue weighted by molar-refractivity contribution is 6.32. The van der Waals surface area contributed by atoms with E-state index in [2.05, 4.69) is 5.32 Å². The number of nitrogens with one attached hydrogen (secondary N) is 1. The second-order valence-corrected chi connectivity index (χ2v) is 4.17. The normalized spacial score (nSPS) is 24.0. The Morgan fingerprint density at radius 2 is 2.27 bits per heavy atom. The van der Waals surface area contributed by atoms with Gasteiger partial charge in [-0.3, -0.25) is 0 Å². The first-order chi connectivity index (χ1) is 7.11. The van der Waals surface area contributed by atoms with E-state index in [9.17, 15) is 4.39 Å². The minimum absolute atomic E-state index is 0.0838. The SMILES string of the molecule is CCC1Oc2c(Cl)cc(F)cc2NC1C. The summed E-state index contributed by atoms with van der Waals surface area (Å²) in [4.78, 5) is 0. The molecule has 15 heavy (non-hydrogen) atoms. The smallest absolute Gasteiger partial charge is 0.161 e. The van der Waals surface area contributed by atoms with E-state index in [0.717, 1.165) is 6.42 Å². The Bertz CT molecular complexity index is 383. The average molecular weight is 230 g/mol. The lowest BCUT2D eigenvalue weighted by Gasteiger charge is -2.33. The van der Waals surface area contributed by atoms with Gasteiger partial charge in [-0.05, 0) is 19.4 Å². The van der Waals surface area contributed by atoms with Gasteiger partial charge in [-0.2, -0.15) is 0 Å². The van der Waals surface area contributed by atoms with Crippen LogP contribution in [0.15, 0.2) is 12.1 Å². The first kappa shape index (κ1) is 10.6. The molecule has 2 unspecified atom stereocenters. The Kier molecular flexibility index (Phi) is 2.74. The van der Waals surface area contributed by atoms with Gasteiger partial charge in [0.15, 0.2) is 5.75 Å². The summed E-state index contributed by atoms with van der Waals surface area (Å²) in [6.45, 7) is 4.06. The molecule has 0 spiro atoms. The average Bonchev–Trinajstić information content (AvgIpc) is 2.16. The largest absolute Gasteiger partial charge is 0.485 e. The van der Waals surface area contributed by atoms with Crippen LogP contribution in [0, 0.1) is 5.82 Å². The summed E-state index contributed by atoms with van der Waals surface area (Å²) in [5, 5.41) is 3.52. The van der Waals surface area contributed by atoms with E-state index in [0.29, 0.717) is 16.5 Å². The van der Waals surface area contributed by atoms with Crippen LogP contribution in [0.2, 0.25) is 5.02 Å². The standard InChI is InChI=1S/C11H13ClFNO/c1-3-10-6(2)14-9-5-7(13)4-8(12)11(9)15-10/h4-6,10,14H,3H2,1-2H3. The summed E-state index contributed by atoms with van der Waals surface area (Å²) < 4.78 is 18.8. The second kappa shape index (κ2) is 3.89. The molecular weight excluding hydrogens is 217 g/mol. The predicted octanol–water partition coefficient (Wildman–Crippen LogP) is 3.45. The van der Waals surface area contributed by atoms with Crippen LogP contribution in [0.4, 0.5) is 10.1 Å². The molecule has 0 fully saturated rings. The summed E-state index contributed by atoms with van der Waals surface area (Å²) in [6.07, 6.45) is 0.974. The molecule has 0 saturated carbocycles. The summed E-state index contributed by atoms with van der Waals surface area (Å²) in [5.74, 6) is 0.208. The molecule has 1 aromatic carbocycles. The van der Waals surface area contributed by atoms with Crippen LogP contribution in [-0.2, 0) is 0 Å². The summed E-state index contributed by atoms with van der Waals surface area (Å²) >= 11 is 5.91. The van der Waals surface area contributed by atoms with Gasteiger partial charge in [0.25, 0.3) is 0 Å². The fourth-order valence-corrected chi connectivity index (χ4v) is 2.07. The molecule has 2 atom stereocenters. The lowest BCUT2D eigenvalue weighted by Crippen LogP contribution is -2.38. The number of benzene rings is 1. The van der Waals surface area contributed by atoms with Crippen molar-refractivity contribution in [3.8, 4) is 5.75 Å². The molecule has 2 nitrogen and oxygen atoms in total. The van der Waals surface area contributed by atoms with Crippen molar-refractivity contribution < 1.29 is 9.13 Å². The van der Waals surface area contributed by atoms with Gasteiger partial charge in [-0.15, -0.1) is 0 Å². The first-order valence-electron chi connectivity index (χ1n) is 5.04. The fraction of sp³-hybridized carbons (Fsp3) is 0.455. The predicted molar refractivity (Wildman–Crippen MR) is 59.2 cm³/mol. The number of hydrogen-bond donors (Lipinski definition) is 1. The monoisotopic (exact) mass is 229 g/mol. The molecule has 1 aromatic rings. The maximum atomic E-state index is 13.1. The lowest BCUT2D eigenvalue weighted by atomic mass is 10.1. The lowest BCUT2D eigenvalue weighted by molar-refractivity contribution is 0.170. The van der Waals surface area contributed by atoms with Crippen molar-refractivity contribution in [1.82, 2.24) is 0 Å². The quantitative estimate of drug-likeness (QED) is 0.797. The number of rotatable bonds is 1. The molecule has 0 aromatic heterocycles. The summed E-state index contributed by atoms with van der Waals surface area (Å²) in [6, 6.07) is 2.84. The third-order valence-electron chi connectivity index (χ3n) is 2.62. The summed E-state index contributed by atoms with van der Waals surface area (Å²) in [5.41, 5.74) is 0.636. The van der Waals surface area contributed by atoms with Gasteiger partial charge in [-0.25, -0.2) is 4.39 Å². The molecule has 0 radical (unpaired) electrons. The van der Waals surface area contributed by atoms with Crippen LogP contribution in [0.25, 0.3) is 0 Å². The molecule has 2 rings (SSSR count). The molecule has 0 bridgehead atoms. The third-order valence-corrected chi connectivity index (χ3v) is 2.90. The Hall–Kier alpha value is -0.960. The van der Waals surface area contributed by atoms with Crippen LogP contribution in [0.1, 0.15) is 20.3 Å². The molecule has 0 aliphatic carbocycles. The molecule has 1 aliphatic rings. The van der Waals surface area contributed by atoms with Crippen LogP contribution in [-0.4, -0.2) is 12.1 Å². The highest BCUT2D eigenvalue weighted by atomic mass is 35.5. The molecule has 0 amide bonds. The van der Waals surface area contributed by atoms with Crippen LogP contribution >= 0.6 is 11.6 Å². The second-order valence-electron chi connectivity index (χ2n) is 3.76. The van der Waals surface area contributed by atoms with Gasteiger partial charge in [0.05, 0.1) is 16.8 Å². The highest BCUT2D eigenvalue weighted by Gasteiger charge is 2.26. The Balaban J connectivity index is 2.40. The van der Waals surface area contributed by atoms with E-state index in [1.54, 1.807) is 0 Å². The van der Waals surface area contributed by atoms with E-state index >= 15 is 0 Å². The zero-order valence-corrected chi connectivity index (χ0v) is 9.44. The molecule has 1 aliphatic heterocycles. The van der Waals surface area contributed by atoms with Crippen molar-refractivity contribution in [3.63, 3.8) is 0 Å². The third kappa shape index (κ3) is 1.88. The van der Waals surface area contributed by atoms with Gasteiger partial charge in [0.2, 0.25) is 0 Å². The Morgan fingerprint density at radius 3 is 2.93 bits per heavy atom. The van der Waals surface area contributed by atoms with E-state index in [1.165, 1.54) is 12.1 Å². The number of hydrogen-bond acceptors (Lipinski definition) is 2. The molecule has 4 heteroatoms. The molecule has 1 N–H and O–H groups in total. The van der Waals surface area contributed by atoms with Gasteiger partial charge in [-0.1, -0.05) is 18.5 Å². The van der Waals surface area contributed by atoms with Crippen molar-refractivity contribution in [2.45, 2.75) is 32.4 Å². The van der Waals surface area contributed by atoms with E-state index < -0.39 is 0 Å². The van der Waals surface area contributed by atoms with Crippen molar-refractivity contribution in [3.05, 3.63) is 23.0 Å². The van der Waals surface area contributed by atoms with Gasteiger partial charge in [0.1, 0.15) is 11.9 Å². The van der Waals surface area contributed by atoms with Crippen molar-refractivity contribution in [2.24, 2.45) is 0 Å². The van der Waals surface area contributed by atoms with Crippen molar-refractivity contribution in [1.29, 1.82) is 0 Å². The molecule has 1 heterocycles. The number of halogens is 2. The van der Waals surface area contributed by atoms with E-state index in [1.807, 2.05) is 13.8 Å². The molecule has 82 valence electrons. The van der Waals surface area contributed by atoms with Crippen LogP contribution < -0.4 is 10.1 Å².